The number of ether oxygens (including phenoxy) is 1. The summed E-state index contributed by atoms with van der Waals surface area (Å²) >= 11 is 0. The van der Waals surface area contributed by atoms with Gasteiger partial charge in [0, 0.05) is 19.1 Å². The first-order valence-corrected chi connectivity index (χ1v) is 8.54. The summed E-state index contributed by atoms with van der Waals surface area (Å²) in [6, 6.07) is 5.29. The van der Waals surface area contributed by atoms with Gasteiger partial charge in [-0.1, -0.05) is 12.1 Å². The zero-order valence-corrected chi connectivity index (χ0v) is 15.0. The molecule has 7 heteroatoms. The molecule has 0 saturated carbocycles. The highest BCUT2D eigenvalue weighted by Gasteiger charge is 2.27. The van der Waals surface area contributed by atoms with Crippen molar-refractivity contribution >= 4 is 17.8 Å². The predicted molar refractivity (Wildman–Crippen MR) is 94.0 cm³/mol. The average molecular weight is 351 g/mol. The van der Waals surface area contributed by atoms with Crippen molar-refractivity contribution in [2.24, 2.45) is 0 Å². The van der Waals surface area contributed by atoms with E-state index in [4.69, 9.17) is 4.74 Å². The molecule has 2 rings (SSSR count). The standard InChI is InChI=1S/C18H26FN3O3/c1-18(2,3)25-17(24)22-11-7-6-8-13(12-22)20-16(23)21-15-10-5-4-9-14(15)19/h4-5,9-10,13H,6-8,11-12H2,1-3H3,(H2,20,21,23). The van der Waals surface area contributed by atoms with E-state index in [2.05, 4.69) is 10.6 Å². The van der Waals surface area contributed by atoms with E-state index in [1.807, 2.05) is 20.8 Å². The Bertz CT molecular complexity index is 616. The first-order valence-electron chi connectivity index (χ1n) is 8.54. The number of rotatable bonds is 2. The summed E-state index contributed by atoms with van der Waals surface area (Å²) in [5, 5.41) is 5.32. The Labute approximate surface area is 147 Å². The highest BCUT2D eigenvalue weighted by molar-refractivity contribution is 5.89. The first kappa shape index (κ1) is 19.0. The molecule has 6 nitrogen and oxygen atoms in total. The van der Waals surface area contributed by atoms with Crippen LogP contribution < -0.4 is 10.6 Å². The van der Waals surface area contributed by atoms with E-state index in [9.17, 15) is 14.0 Å². The van der Waals surface area contributed by atoms with E-state index in [1.165, 1.54) is 12.1 Å². The number of hydrogen-bond donors (Lipinski definition) is 2. The Kier molecular flexibility index (Phi) is 6.22. The van der Waals surface area contributed by atoms with E-state index >= 15 is 0 Å². The number of halogens is 1. The number of benzene rings is 1. The summed E-state index contributed by atoms with van der Waals surface area (Å²) in [4.78, 5) is 26.0. The lowest BCUT2D eigenvalue weighted by molar-refractivity contribution is 0.0245. The molecule has 1 aromatic carbocycles. The normalized spacial score (nSPS) is 18.2. The van der Waals surface area contributed by atoms with Gasteiger partial charge in [-0.15, -0.1) is 0 Å². The highest BCUT2D eigenvalue weighted by Crippen LogP contribution is 2.16. The average Bonchev–Trinajstić information content (AvgIpc) is 2.73. The van der Waals surface area contributed by atoms with Crippen LogP contribution in [0.15, 0.2) is 24.3 Å². The van der Waals surface area contributed by atoms with E-state index in [0.29, 0.717) is 13.1 Å². The number of amides is 3. The largest absolute Gasteiger partial charge is 0.444 e. The molecule has 0 spiro atoms. The lowest BCUT2D eigenvalue weighted by Gasteiger charge is -2.28. The second-order valence-electron chi connectivity index (χ2n) is 7.20. The molecule has 0 aliphatic carbocycles. The van der Waals surface area contributed by atoms with Crippen LogP contribution in [0.25, 0.3) is 0 Å². The SMILES string of the molecule is CC(C)(C)OC(=O)N1CCCCC(NC(=O)Nc2ccccc2F)C1. The fraction of sp³-hybridized carbons (Fsp3) is 0.556. The van der Waals surface area contributed by atoms with Gasteiger partial charge in [-0.25, -0.2) is 14.0 Å². The third-order valence-corrected chi connectivity index (χ3v) is 3.78. The molecule has 25 heavy (non-hydrogen) atoms. The number of anilines is 1. The molecule has 0 aromatic heterocycles. The number of para-hydroxylation sites is 1. The maximum absolute atomic E-state index is 13.6. The summed E-state index contributed by atoms with van der Waals surface area (Å²) in [6.07, 6.45) is 2.12. The second kappa shape index (κ2) is 8.18. The van der Waals surface area contributed by atoms with Crippen LogP contribution in [0.4, 0.5) is 19.7 Å². The van der Waals surface area contributed by atoms with Gasteiger partial charge in [-0.3, -0.25) is 0 Å². The number of hydrogen-bond acceptors (Lipinski definition) is 3. The van der Waals surface area contributed by atoms with Crippen LogP contribution in [0, 0.1) is 5.82 Å². The summed E-state index contributed by atoms with van der Waals surface area (Å²) in [5.41, 5.74) is -0.438. The van der Waals surface area contributed by atoms with Gasteiger partial charge >= 0.3 is 12.1 Å². The third-order valence-electron chi connectivity index (χ3n) is 3.78. The van der Waals surface area contributed by atoms with E-state index in [-0.39, 0.29) is 17.8 Å². The van der Waals surface area contributed by atoms with Crippen LogP contribution in [-0.4, -0.2) is 41.8 Å². The minimum atomic E-state index is -0.561. The van der Waals surface area contributed by atoms with Crippen molar-refractivity contribution in [1.82, 2.24) is 10.2 Å². The van der Waals surface area contributed by atoms with Crippen molar-refractivity contribution in [2.75, 3.05) is 18.4 Å². The quantitative estimate of drug-likeness (QED) is 0.853. The van der Waals surface area contributed by atoms with Crippen LogP contribution in [0.1, 0.15) is 40.0 Å². The van der Waals surface area contributed by atoms with Crippen molar-refractivity contribution in [1.29, 1.82) is 0 Å². The smallest absolute Gasteiger partial charge is 0.410 e. The maximum Gasteiger partial charge on any atom is 0.410 e. The molecule has 1 atom stereocenters. The van der Waals surface area contributed by atoms with Gasteiger partial charge in [0.25, 0.3) is 0 Å². The van der Waals surface area contributed by atoms with Gasteiger partial charge in [-0.05, 0) is 52.2 Å². The molecular formula is C18H26FN3O3. The van der Waals surface area contributed by atoms with Crippen molar-refractivity contribution in [3.8, 4) is 0 Å². The fourth-order valence-corrected chi connectivity index (χ4v) is 2.66. The molecular weight excluding hydrogens is 325 g/mol. The molecule has 0 bridgehead atoms. The van der Waals surface area contributed by atoms with Crippen molar-refractivity contribution in [3.63, 3.8) is 0 Å². The van der Waals surface area contributed by atoms with E-state index < -0.39 is 17.4 Å². The number of nitrogens with zero attached hydrogens (tertiary/aromatic N) is 1. The van der Waals surface area contributed by atoms with Gasteiger partial charge in [0.15, 0.2) is 0 Å². The van der Waals surface area contributed by atoms with Gasteiger partial charge in [-0.2, -0.15) is 0 Å². The number of carbonyl (C=O) groups excluding carboxylic acids is 2. The zero-order valence-electron chi connectivity index (χ0n) is 15.0. The van der Waals surface area contributed by atoms with E-state index in [0.717, 1.165) is 19.3 Å². The second-order valence-corrected chi connectivity index (χ2v) is 7.20. The Morgan fingerprint density at radius 2 is 1.96 bits per heavy atom. The lowest BCUT2D eigenvalue weighted by Crippen LogP contribution is -2.47. The predicted octanol–water partition coefficient (Wildman–Crippen LogP) is 3.74. The number of carbonyl (C=O) groups is 2. The number of urea groups is 1. The Morgan fingerprint density at radius 3 is 2.64 bits per heavy atom. The van der Waals surface area contributed by atoms with Gasteiger partial charge in [0.05, 0.1) is 5.69 Å². The molecule has 1 aromatic rings. The third kappa shape index (κ3) is 6.25. The lowest BCUT2D eigenvalue weighted by atomic mass is 10.1. The Hall–Kier alpha value is -2.31. The summed E-state index contributed by atoms with van der Waals surface area (Å²) in [6.45, 7) is 6.43. The molecule has 3 amide bonds. The Balaban J connectivity index is 1.93. The van der Waals surface area contributed by atoms with Crippen LogP contribution >= 0.6 is 0 Å². The van der Waals surface area contributed by atoms with Crippen LogP contribution in [0.2, 0.25) is 0 Å². The molecule has 1 unspecified atom stereocenters. The summed E-state index contributed by atoms with van der Waals surface area (Å²) in [5.74, 6) is -0.492. The molecule has 0 radical (unpaired) electrons. The molecule has 1 fully saturated rings. The zero-order chi connectivity index (χ0) is 18.4. The molecule has 1 saturated heterocycles. The molecule has 138 valence electrons. The number of nitrogens with one attached hydrogen (secondary N) is 2. The van der Waals surface area contributed by atoms with Crippen molar-refractivity contribution < 1.29 is 18.7 Å². The first-order chi connectivity index (χ1) is 11.7. The topological polar surface area (TPSA) is 70.7 Å². The van der Waals surface area contributed by atoms with Crippen LogP contribution in [0.3, 0.4) is 0 Å². The molecule has 2 N–H and O–H groups in total. The summed E-state index contributed by atoms with van der Waals surface area (Å²) in [7, 11) is 0. The maximum atomic E-state index is 13.6. The monoisotopic (exact) mass is 351 g/mol. The number of likely N-dealkylation sites (tertiary alicyclic amines) is 1. The Morgan fingerprint density at radius 1 is 1.24 bits per heavy atom. The molecule has 1 aliphatic rings. The minimum Gasteiger partial charge on any atom is -0.444 e. The molecule has 1 aliphatic heterocycles. The van der Waals surface area contributed by atoms with Gasteiger partial charge < -0.3 is 20.3 Å². The fourth-order valence-electron chi connectivity index (χ4n) is 2.66. The van der Waals surface area contributed by atoms with Gasteiger partial charge in [0.2, 0.25) is 0 Å². The minimum absolute atomic E-state index is 0.123. The van der Waals surface area contributed by atoms with Crippen LogP contribution in [-0.2, 0) is 4.74 Å². The van der Waals surface area contributed by atoms with Crippen LogP contribution in [0.5, 0.6) is 0 Å². The summed E-state index contributed by atoms with van der Waals surface area (Å²) < 4.78 is 19.0. The van der Waals surface area contributed by atoms with Gasteiger partial charge in [0.1, 0.15) is 11.4 Å². The highest BCUT2D eigenvalue weighted by atomic mass is 19.1. The van der Waals surface area contributed by atoms with E-state index in [1.54, 1.807) is 17.0 Å². The molecule has 1 heterocycles. The van der Waals surface area contributed by atoms with Crippen molar-refractivity contribution in [2.45, 2.75) is 51.7 Å². The van der Waals surface area contributed by atoms with Crippen molar-refractivity contribution in [3.05, 3.63) is 30.1 Å².